The molecule has 0 spiro atoms. The van der Waals surface area contributed by atoms with E-state index >= 15 is 0 Å². The molecular formula is C20H34. The quantitative estimate of drug-likeness (QED) is 0.569. The minimum Gasteiger partial charge on any atom is -0.0619 e. The average molecular weight is 274 g/mol. The van der Waals surface area contributed by atoms with Gasteiger partial charge in [-0.2, -0.15) is 0 Å². The molecule has 0 nitrogen and oxygen atoms in total. The van der Waals surface area contributed by atoms with Crippen molar-refractivity contribution in [2.75, 3.05) is 0 Å². The highest BCUT2D eigenvalue weighted by Crippen LogP contribution is 2.73. The summed E-state index contributed by atoms with van der Waals surface area (Å²) in [6.45, 7) is 15.5. The second-order valence-electron chi connectivity index (χ2n) is 10.3. The van der Waals surface area contributed by atoms with Crippen LogP contribution >= 0.6 is 0 Å². The van der Waals surface area contributed by atoms with Crippen LogP contribution in [0.25, 0.3) is 0 Å². The Morgan fingerprint density at radius 3 is 1.90 bits per heavy atom. The summed E-state index contributed by atoms with van der Waals surface area (Å²) in [6.07, 6.45) is 7.67. The SMILES string of the molecule is CC1C(C2CC3CCC2(C)C3(C)C)CC2CC1C2(C)C. The standard InChI is InChI=1S/C20H34/c1-12-15(9-14-11-16(12)18(14,2)3)17-10-13-7-8-20(17,6)19(13,4)5/h12-17H,7-11H2,1-6H3. The summed E-state index contributed by atoms with van der Waals surface area (Å²) in [7, 11) is 0. The molecule has 4 bridgehead atoms. The molecule has 0 aromatic carbocycles. The highest BCUT2D eigenvalue weighted by molar-refractivity contribution is 5.15. The Hall–Kier alpha value is 0. The third kappa shape index (κ3) is 1.31. The van der Waals surface area contributed by atoms with Crippen molar-refractivity contribution in [1.29, 1.82) is 0 Å². The normalized spacial score (nSPS) is 58.5. The van der Waals surface area contributed by atoms with Gasteiger partial charge >= 0.3 is 0 Å². The lowest BCUT2D eigenvalue weighted by molar-refractivity contribution is -0.153. The fourth-order valence-electron chi connectivity index (χ4n) is 7.63. The van der Waals surface area contributed by atoms with Gasteiger partial charge < -0.3 is 0 Å². The largest absolute Gasteiger partial charge is 0.0619 e. The maximum Gasteiger partial charge on any atom is -0.0241 e. The van der Waals surface area contributed by atoms with E-state index in [4.69, 9.17) is 0 Å². The van der Waals surface area contributed by atoms with Gasteiger partial charge in [0.25, 0.3) is 0 Å². The van der Waals surface area contributed by atoms with E-state index in [0.29, 0.717) is 16.2 Å². The van der Waals surface area contributed by atoms with Crippen LogP contribution in [0.1, 0.15) is 73.6 Å². The summed E-state index contributed by atoms with van der Waals surface area (Å²) in [5.74, 6) is 6.15. The molecule has 7 atom stereocenters. The van der Waals surface area contributed by atoms with E-state index in [1.54, 1.807) is 19.3 Å². The fraction of sp³-hybridized carbons (Fsp3) is 1.00. The minimum atomic E-state index is 0.606. The zero-order chi connectivity index (χ0) is 14.5. The van der Waals surface area contributed by atoms with E-state index in [1.165, 1.54) is 12.8 Å². The molecule has 114 valence electrons. The zero-order valence-corrected chi connectivity index (χ0v) is 14.5. The van der Waals surface area contributed by atoms with Gasteiger partial charge in [-0.3, -0.25) is 0 Å². The molecule has 0 aliphatic heterocycles. The van der Waals surface area contributed by atoms with Crippen molar-refractivity contribution in [3.63, 3.8) is 0 Å². The molecule has 5 fully saturated rings. The molecular weight excluding hydrogens is 240 g/mol. The van der Waals surface area contributed by atoms with Crippen LogP contribution < -0.4 is 0 Å². The van der Waals surface area contributed by atoms with Crippen molar-refractivity contribution >= 4 is 0 Å². The molecule has 0 amide bonds. The summed E-state index contributed by atoms with van der Waals surface area (Å²) >= 11 is 0. The average Bonchev–Trinajstić information content (AvgIpc) is 2.70. The lowest BCUT2D eigenvalue weighted by Crippen LogP contribution is -2.57. The third-order valence-electron chi connectivity index (χ3n) is 9.79. The smallest absolute Gasteiger partial charge is 0.0241 e. The molecule has 5 aliphatic rings. The highest BCUT2D eigenvalue weighted by atomic mass is 14.7. The Labute approximate surface area is 126 Å². The second kappa shape index (κ2) is 3.66. The van der Waals surface area contributed by atoms with Gasteiger partial charge in [0, 0.05) is 0 Å². The van der Waals surface area contributed by atoms with Crippen molar-refractivity contribution in [3.8, 4) is 0 Å². The Kier molecular flexibility index (Phi) is 2.50. The topological polar surface area (TPSA) is 0 Å². The zero-order valence-electron chi connectivity index (χ0n) is 14.5. The molecule has 5 aliphatic carbocycles. The van der Waals surface area contributed by atoms with Crippen molar-refractivity contribution in [3.05, 3.63) is 0 Å². The Morgan fingerprint density at radius 1 is 0.800 bits per heavy atom. The second-order valence-corrected chi connectivity index (χ2v) is 10.3. The van der Waals surface area contributed by atoms with Crippen LogP contribution in [0.15, 0.2) is 0 Å². The van der Waals surface area contributed by atoms with Gasteiger partial charge in [0.15, 0.2) is 0 Å². The molecule has 0 heteroatoms. The van der Waals surface area contributed by atoms with Gasteiger partial charge in [0.05, 0.1) is 0 Å². The first-order chi connectivity index (χ1) is 9.19. The monoisotopic (exact) mass is 274 g/mol. The fourth-order valence-corrected chi connectivity index (χ4v) is 7.63. The number of rotatable bonds is 1. The van der Waals surface area contributed by atoms with Gasteiger partial charge in [-0.25, -0.2) is 0 Å². The molecule has 0 saturated heterocycles. The van der Waals surface area contributed by atoms with Gasteiger partial charge in [0.2, 0.25) is 0 Å². The van der Waals surface area contributed by atoms with E-state index in [2.05, 4.69) is 41.5 Å². The van der Waals surface area contributed by atoms with E-state index < -0.39 is 0 Å². The van der Waals surface area contributed by atoms with Crippen molar-refractivity contribution in [2.24, 2.45) is 51.8 Å². The van der Waals surface area contributed by atoms with E-state index in [0.717, 1.165) is 35.5 Å². The summed E-state index contributed by atoms with van der Waals surface area (Å²) in [4.78, 5) is 0. The molecule has 0 aromatic rings. The van der Waals surface area contributed by atoms with Crippen molar-refractivity contribution < 1.29 is 0 Å². The van der Waals surface area contributed by atoms with E-state index in [1.807, 2.05) is 0 Å². The van der Waals surface area contributed by atoms with Crippen LogP contribution in [-0.2, 0) is 0 Å². The predicted octanol–water partition coefficient (Wildman–Crippen LogP) is 5.77. The van der Waals surface area contributed by atoms with E-state index in [9.17, 15) is 0 Å². The molecule has 5 saturated carbocycles. The number of hydrogen-bond donors (Lipinski definition) is 0. The number of hydrogen-bond acceptors (Lipinski definition) is 0. The molecule has 0 radical (unpaired) electrons. The van der Waals surface area contributed by atoms with Crippen LogP contribution in [-0.4, -0.2) is 0 Å². The Bertz CT molecular complexity index is 431. The number of fused-ring (bicyclic) bond motifs is 4. The lowest BCUT2D eigenvalue weighted by Gasteiger charge is -2.64. The first-order valence-corrected chi connectivity index (χ1v) is 9.19. The molecule has 0 heterocycles. The molecule has 7 unspecified atom stereocenters. The van der Waals surface area contributed by atoms with Crippen LogP contribution in [0, 0.1) is 51.8 Å². The first kappa shape index (κ1) is 13.6. The van der Waals surface area contributed by atoms with Gasteiger partial charge in [-0.1, -0.05) is 41.5 Å². The van der Waals surface area contributed by atoms with Gasteiger partial charge in [-0.15, -0.1) is 0 Å². The molecule has 0 aromatic heterocycles. The highest BCUT2D eigenvalue weighted by Gasteiger charge is 2.66. The minimum absolute atomic E-state index is 0.606. The maximum absolute atomic E-state index is 2.66. The Balaban J connectivity index is 1.62. The van der Waals surface area contributed by atoms with E-state index in [-0.39, 0.29) is 0 Å². The predicted molar refractivity (Wildman–Crippen MR) is 85.4 cm³/mol. The van der Waals surface area contributed by atoms with Gasteiger partial charge in [-0.05, 0) is 83.9 Å². The third-order valence-corrected chi connectivity index (χ3v) is 9.79. The van der Waals surface area contributed by atoms with Gasteiger partial charge in [0.1, 0.15) is 0 Å². The first-order valence-electron chi connectivity index (χ1n) is 9.19. The van der Waals surface area contributed by atoms with Crippen LogP contribution in [0.5, 0.6) is 0 Å². The summed E-state index contributed by atoms with van der Waals surface area (Å²) in [5, 5.41) is 0. The lowest BCUT2D eigenvalue weighted by atomic mass is 9.41. The molecule has 20 heavy (non-hydrogen) atoms. The van der Waals surface area contributed by atoms with Crippen molar-refractivity contribution in [2.45, 2.75) is 73.6 Å². The van der Waals surface area contributed by atoms with Crippen molar-refractivity contribution in [1.82, 2.24) is 0 Å². The van der Waals surface area contributed by atoms with Crippen LogP contribution in [0.2, 0.25) is 0 Å². The molecule has 5 rings (SSSR count). The summed E-state index contributed by atoms with van der Waals surface area (Å²) in [6, 6.07) is 0. The van der Waals surface area contributed by atoms with Crippen LogP contribution in [0.3, 0.4) is 0 Å². The van der Waals surface area contributed by atoms with Crippen LogP contribution in [0.4, 0.5) is 0 Å². The Morgan fingerprint density at radius 2 is 1.45 bits per heavy atom. The molecule has 0 N–H and O–H groups in total. The summed E-state index contributed by atoms with van der Waals surface area (Å²) < 4.78 is 0. The summed E-state index contributed by atoms with van der Waals surface area (Å²) in [5.41, 5.74) is 1.91. The maximum atomic E-state index is 2.66.